The number of carbonyl (C=O) groups is 1. The number of carboxylic acids is 1. The number of benzene rings is 3. The summed E-state index contributed by atoms with van der Waals surface area (Å²) in [6.45, 7) is 0.436. The molecule has 0 aromatic heterocycles. The summed E-state index contributed by atoms with van der Waals surface area (Å²) < 4.78 is 5.93. The van der Waals surface area contributed by atoms with E-state index in [4.69, 9.17) is 10.5 Å². The summed E-state index contributed by atoms with van der Waals surface area (Å²) in [6, 6.07) is 22.2. The van der Waals surface area contributed by atoms with Crippen LogP contribution in [0.4, 0.5) is 5.69 Å². The van der Waals surface area contributed by atoms with E-state index < -0.39 is 5.97 Å². The maximum atomic E-state index is 11.2. The lowest BCUT2D eigenvalue weighted by atomic mass is 10.0. The van der Waals surface area contributed by atoms with Crippen LogP contribution in [0.1, 0.15) is 15.9 Å². The Morgan fingerprint density at radius 1 is 0.958 bits per heavy atom. The summed E-state index contributed by atoms with van der Waals surface area (Å²) in [4.78, 5) is 11.2. The summed E-state index contributed by atoms with van der Waals surface area (Å²) in [6.07, 6.45) is 0. The second kappa shape index (κ2) is 6.87. The van der Waals surface area contributed by atoms with Crippen molar-refractivity contribution in [1.82, 2.24) is 0 Å². The fourth-order valence-electron chi connectivity index (χ4n) is 2.50. The molecule has 3 aromatic carbocycles. The van der Waals surface area contributed by atoms with E-state index >= 15 is 0 Å². The van der Waals surface area contributed by atoms with Crippen LogP contribution in [-0.2, 0) is 6.61 Å². The Labute approximate surface area is 140 Å². The Hall–Kier alpha value is -3.27. The van der Waals surface area contributed by atoms with Crippen LogP contribution in [0.15, 0.2) is 72.8 Å². The van der Waals surface area contributed by atoms with Crippen LogP contribution in [0, 0.1) is 0 Å². The molecule has 0 aliphatic carbocycles. The van der Waals surface area contributed by atoms with E-state index in [-0.39, 0.29) is 5.56 Å². The topological polar surface area (TPSA) is 72.6 Å². The van der Waals surface area contributed by atoms with Gasteiger partial charge < -0.3 is 15.6 Å². The second-order valence-electron chi connectivity index (χ2n) is 5.42. The minimum absolute atomic E-state index is 0.155. The number of anilines is 1. The lowest BCUT2D eigenvalue weighted by Gasteiger charge is -2.13. The molecule has 0 aliphatic heterocycles. The number of aromatic carboxylic acids is 1. The third-order valence-electron chi connectivity index (χ3n) is 3.64. The number of hydrogen-bond acceptors (Lipinski definition) is 3. The second-order valence-corrected chi connectivity index (χ2v) is 5.42. The molecule has 120 valence electrons. The summed E-state index contributed by atoms with van der Waals surface area (Å²) in [5.74, 6) is -0.325. The van der Waals surface area contributed by atoms with Gasteiger partial charge in [-0.15, -0.1) is 0 Å². The van der Waals surface area contributed by atoms with E-state index in [0.717, 1.165) is 16.7 Å². The maximum Gasteiger partial charge on any atom is 0.335 e. The van der Waals surface area contributed by atoms with Gasteiger partial charge in [0, 0.05) is 11.3 Å². The smallest absolute Gasteiger partial charge is 0.335 e. The number of ether oxygens (including phenoxy) is 1. The van der Waals surface area contributed by atoms with Crippen molar-refractivity contribution < 1.29 is 14.6 Å². The number of rotatable bonds is 5. The van der Waals surface area contributed by atoms with Gasteiger partial charge in [-0.2, -0.15) is 0 Å². The Bertz CT molecular complexity index is 860. The minimum Gasteiger partial charge on any atom is -0.488 e. The molecule has 3 N–H and O–H groups in total. The molecule has 4 heteroatoms. The van der Waals surface area contributed by atoms with Crippen LogP contribution in [0.5, 0.6) is 5.75 Å². The standard InChI is InChI=1S/C20H17NO3/c21-17-11-15(10-16(12-17)20(22)23)18-8-4-5-9-19(18)24-13-14-6-2-1-3-7-14/h1-12H,13,21H2,(H,22,23). The Morgan fingerprint density at radius 3 is 2.42 bits per heavy atom. The van der Waals surface area contributed by atoms with Gasteiger partial charge in [-0.3, -0.25) is 0 Å². The van der Waals surface area contributed by atoms with Gasteiger partial charge in [-0.25, -0.2) is 4.79 Å². The molecule has 0 saturated carbocycles. The largest absolute Gasteiger partial charge is 0.488 e. The molecule has 0 atom stereocenters. The van der Waals surface area contributed by atoms with Crippen LogP contribution in [0.2, 0.25) is 0 Å². The zero-order valence-electron chi connectivity index (χ0n) is 13.0. The van der Waals surface area contributed by atoms with Crippen molar-refractivity contribution in [2.75, 3.05) is 5.73 Å². The molecule has 0 amide bonds. The highest BCUT2D eigenvalue weighted by Crippen LogP contribution is 2.32. The van der Waals surface area contributed by atoms with Crippen LogP contribution >= 0.6 is 0 Å². The zero-order chi connectivity index (χ0) is 16.9. The first kappa shape index (κ1) is 15.6. The molecule has 3 rings (SSSR count). The third kappa shape index (κ3) is 3.55. The highest BCUT2D eigenvalue weighted by Gasteiger charge is 2.11. The van der Waals surface area contributed by atoms with E-state index in [0.29, 0.717) is 18.0 Å². The van der Waals surface area contributed by atoms with E-state index in [1.54, 1.807) is 12.1 Å². The fourth-order valence-corrected chi connectivity index (χ4v) is 2.50. The molecular formula is C20H17NO3. The van der Waals surface area contributed by atoms with Crippen molar-refractivity contribution in [3.63, 3.8) is 0 Å². The third-order valence-corrected chi connectivity index (χ3v) is 3.64. The number of hydrogen-bond donors (Lipinski definition) is 2. The SMILES string of the molecule is Nc1cc(C(=O)O)cc(-c2ccccc2OCc2ccccc2)c1. The maximum absolute atomic E-state index is 11.2. The van der Waals surface area contributed by atoms with Gasteiger partial charge >= 0.3 is 5.97 Å². The van der Waals surface area contributed by atoms with Crippen molar-refractivity contribution in [2.45, 2.75) is 6.61 Å². The summed E-state index contributed by atoms with van der Waals surface area (Å²) in [7, 11) is 0. The monoisotopic (exact) mass is 319 g/mol. The van der Waals surface area contributed by atoms with Gasteiger partial charge in [0.2, 0.25) is 0 Å². The highest BCUT2D eigenvalue weighted by molar-refractivity contribution is 5.91. The first-order valence-corrected chi connectivity index (χ1v) is 7.53. The zero-order valence-corrected chi connectivity index (χ0v) is 13.0. The van der Waals surface area contributed by atoms with Crippen molar-refractivity contribution in [3.8, 4) is 16.9 Å². The number of nitrogens with two attached hydrogens (primary N) is 1. The molecule has 0 heterocycles. The molecular weight excluding hydrogens is 302 g/mol. The molecule has 0 radical (unpaired) electrons. The summed E-state index contributed by atoms with van der Waals surface area (Å²) in [5.41, 5.74) is 8.99. The average molecular weight is 319 g/mol. The van der Waals surface area contributed by atoms with Crippen LogP contribution in [0.25, 0.3) is 11.1 Å². The summed E-state index contributed by atoms with van der Waals surface area (Å²) in [5, 5.41) is 9.22. The first-order chi connectivity index (χ1) is 11.6. The number of nitrogen functional groups attached to an aromatic ring is 1. The molecule has 0 fully saturated rings. The molecule has 0 saturated heterocycles. The van der Waals surface area contributed by atoms with Crippen molar-refractivity contribution in [1.29, 1.82) is 0 Å². The molecule has 0 bridgehead atoms. The highest BCUT2D eigenvalue weighted by atomic mass is 16.5. The van der Waals surface area contributed by atoms with Gasteiger partial charge in [0.1, 0.15) is 12.4 Å². The van der Waals surface area contributed by atoms with Crippen molar-refractivity contribution in [3.05, 3.63) is 83.9 Å². The average Bonchev–Trinajstić information content (AvgIpc) is 2.60. The van der Waals surface area contributed by atoms with E-state index in [2.05, 4.69) is 0 Å². The van der Waals surface area contributed by atoms with Crippen molar-refractivity contribution in [2.24, 2.45) is 0 Å². The molecule has 0 spiro atoms. The van der Waals surface area contributed by atoms with E-state index in [9.17, 15) is 9.90 Å². The summed E-state index contributed by atoms with van der Waals surface area (Å²) >= 11 is 0. The van der Waals surface area contributed by atoms with Crippen LogP contribution in [0.3, 0.4) is 0 Å². The molecule has 24 heavy (non-hydrogen) atoms. The molecule has 4 nitrogen and oxygen atoms in total. The van der Waals surface area contributed by atoms with Gasteiger partial charge in [0.15, 0.2) is 0 Å². The lowest BCUT2D eigenvalue weighted by molar-refractivity contribution is 0.0697. The molecule has 0 unspecified atom stereocenters. The Kier molecular flexibility index (Phi) is 4.47. The van der Waals surface area contributed by atoms with Gasteiger partial charge in [-0.1, -0.05) is 48.5 Å². The predicted octanol–water partition coefficient (Wildman–Crippen LogP) is 4.21. The Morgan fingerprint density at radius 2 is 1.67 bits per heavy atom. The van der Waals surface area contributed by atoms with Gasteiger partial charge in [-0.05, 0) is 35.4 Å². The van der Waals surface area contributed by atoms with Crippen molar-refractivity contribution >= 4 is 11.7 Å². The van der Waals surface area contributed by atoms with Crippen LogP contribution < -0.4 is 10.5 Å². The lowest BCUT2D eigenvalue weighted by Crippen LogP contribution is -2.00. The van der Waals surface area contributed by atoms with E-state index in [1.165, 1.54) is 6.07 Å². The quantitative estimate of drug-likeness (QED) is 0.691. The number of carboxylic acid groups (broad SMARTS) is 1. The fraction of sp³-hybridized carbons (Fsp3) is 0.0500. The molecule has 0 aliphatic rings. The Balaban J connectivity index is 1.93. The minimum atomic E-state index is -1.01. The normalized spacial score (nSPS) is 10.3. The van der Waals surface area contributed by atoms with Gasteiger partial charge in [0.05, 0.1) is 5.56 Å². The first-order valence-electron chi connectivity index (χ1n) is 7.53. The van der Waals surface area contributed by atoms with E-state index in [1.807, 2.05) is 54.6 Å². The predicted molar refractivity (Wildman–Crippen MR) is 94.0 cm³/mol. The molecule has 3 aromatic rings. The van der Waals surface area contributed by atoms with Crippen LogP contribution in [-0.4, -0.2) is 11.1 Å². The number of para-hydroxylation sites is 1. The van der Waals surface area contributed by atoms with Gasteiger partial charge in [0.25, 0.3) is 0 Å².